The molecular formula is C16H24N4O4. The van der Waals surface area contributed by atoms with Gasteiger partial charge in [0.15, 0.2) is 0 Å². The maximum absolute atomic E-state index is 12.2. The molecule has 0 bridgehead atoms. The lowest BCUT2D eigenvalue weighted by molar-refractivity contribution is -0.147. The molecule has 0 radical (unpaired) electrons. The van der Waals surface area contributed by atoms with Crippen molar-refractivity contribution in [3.8, 4) is 0 Å². The average molecular weight is 336 g/mol. The lowest BCUT2D eigenvalue weighted by Crippen LogP contribution is -2.58. The van der Waals surface area contributed by atoms with Crippen molar-refractivity contribution < 1.29 is 19.4 Å². The SMILES string of the molecule is CC(c1cnccn1)N1CCN(C(=O)OC(C)(C)C)CC1C(=O)O. The molecule has 0 saturated carbocycles. The Morgan fingerprint density at radius 3 is 2.58 bits per heavy atom. The number of rotatable bonds is 3. The predicted octanol–water partition coefficient (Wildman–Crippen LogP) is 1.54. The van der Waals surface area contributed by atoms with Crippen molar-refractivity contribution in [1.29, 1.82) is 0 Å². The largest absolute Gasteiger partial charge is 0.480 e. The molecule has 1 aliphatic rings. The van der Waals surface area contributed by atoms with Crippen LogP contribution in [0.5, 0.6) is 0 Å². The summed E-state index contributed by atoms with van der Waals surface area (Å²) < 4.78 is 5.34. The van der Waals surface area contributed by atoms with Crippen LogP contribution in [0, 0.1) is 0 Å². The number of aliphatic carboxylic acids is 1. The highest BCUT2D eigenvalue weighted by Gasteiger charge is 2.38. The highest BCUT2D eigenvalue weighted by atomic mass is 16.6. The zero-order valence-corrected chi connectivity index (χ0v) is 14.5. The zero-order chi connectivity index (χ0) is 17.9. The van der Waals surface area contributed by atoms with Gasteiger partial charge in [0.05, 0.1) is 18.3 Å². The van der Waals surface area contributed by atoms with E-state index in [-0.39, 0.29) is 12.6 Å². The number of nitrogens with zero attached hydrogens (tertiary/aromatic N) is 4. The number of carboxylic acids is 1. The molecule has 2 heterocycles. The molecular weight excluding hydrogens is 312 g/mol. The summed E-state index contributed by atoms with van der Waals surface area (Å²) in [6.45, 7) is 8.15. The van der Waals surface area contributed by atoms with Crippen LogP contribution in [0.3, 0.4) is 0 Å². The molecule has 24 heavy (non-hydrogen) atoms. The van der Waals surface area contributed by atoms with Gasteiger partial charge in [0.2, 0.25) is 0 Å². The quantitative estimate of drug-likeness (QED) is 0.894. The third-order valence-electron chi connectivity index (χ3n) is 3.87. The van der Waals surface area contributed by atoms with E-state index < -0.39 is 23.7 Å². The Morgan fingerprint density at radius 2 is 2.04 bits per heavy atom. The van der Waals surface area contributed by atoms with Gasteiger partial charge < -0.3 is 14.7 Å². The van der Waals surface area contributed by atoms with Crippen LogP contribution in [-0.4, -0.2) is 68.2 Å². The summed E-state index contributed by atoms with van der Waals surface area (Å²) >= 11 is 0. The van der Waals surface area contributed by atoms with Gasteiger partial charge in [-0.15, -0.1) is 0 Å². The van der Waals surface area contributed by atoms with Gasteiger partial charge in [0.1, 0.15) is 11.6 Å². The summed E-state index contributed by atoms with van der Waals surface area (Å²) in [7, 11) is 0. The maximum Gasteiger partial charge on any atom is 0.410 e. The van der Waals surface area contributed by atoms with Crippen molar-refractivity contribution in [1.82, 2.24) is 19.8 Å². The first kappa shape index (κ1) is 18.1. The number of carbonyl (C=O) groups excluding carboxylic acids is 1. The van der Waals surface area contributed by atoms with E-state index in [1.165, 1.54) is 4.90 Å². The first-order valence-electron chi connectivity index (χ1n) is 7.91. The minimum Gasteiger partial charge on any atom is -0.480 e. The van der Waals surface area contributed by atoms with E-state index in [4.69, 9.17) is 4.74 Å². The molecule has 1 saturated heterocycles. The topological polar surface area (TPSA) is 95.9 Å². The summed E-state index contributed by atoms with van der Waals surface area (Å²) in [5.41, 5.74) is 0.0920. The van der Waals surface area contributed by atoms with E-state index in [1.54, 1.807) is 39.4 Å². The van der Waals surface area contributed by atoms with Gasteiger partial charge in [-0.25, -0.2) is 4.79 Å². The van der Waals surface area contributed by atoms with Crippen molar-refractivity contribution in [3.05, 3.63) is 24.3 Å². The number of hydrogen-bond acceptors (Lipinski definition) is 6. The summed E-state index contributed by atoms with van der Waals surface area (Å²) in [6, 6.07) is -1.02. The number of aromatic nitrogens is 2. The second-order valence-electron chi connectivity index (χ2n) is 6.82. The summed E-state index contributed by atoms with van der Waals surface area (Å²) in [6.07, 6.45) is 4.30. The van der Waals surface area contributed by atoms with Gasteiger partial charge in [0, 0.05) is 31.7 Å². The van der Waals surface area contributed by atoms with Gasteiger partial charge in [-0.2, -0.15) is 0 Å². The summed E-state index contributed by atoms with van der Waals surface area (Å²) in [5, 5.41) is 9.58. The van der Waals surface area contributed by atoms with Gasteiger partial charge in [-0.05, 0) is 27.7 Å². The third kappa shape index (κ3) is 4.41. The molecule has 1 aromatic heterocycles. The molecule has 0 spiro atoms. The molecule has 8 nitrogen and oxygen atoms in total. The van der Waals surface area contributed by atoms with E-state index in [9.17, 15) is 14.7 Å². The first-order chi connectivity index (χ1) is 11.2. The second-order valence-corrected chi connectivity index (χ2v) is 6.82. The third-order valence-corrected chi connectivity index (χ3v) is 3.87. The highest BCUT2D eigenvalue weighted by molar-refractivity contribution is 5.76. The van der Waals surface area contributed by atoms with E-state index in [2.05, 4.69) is 9.97 Å². The Bertz CT molecular complexity index is 587. The number of piperazine rings is 1. The van der Waals surface area contributed by atoms with E-state index >= 15 is 0 Å². The number of carbonyl (C=O) groups is 2. The molecule has 1 aliphatic heterocycles. The number of hydrogen-bond donors (Lipinski definition) is 1. The lowest BCUT2D eigenvalue weighted by Gasteiger charge is -2.42. The van der Waals surface area contributed by atoms with E-state index in [0.717, 1.165) is 0 Å². The minimum atomic E-state index is -0.973. The predicted molar refractivity (Wildman–Crippen MR) is 86.4 cm³/mol. The lowest BCUT2D eigenvalue weighted by atomic mass is 10.1. The highest BCUT2D eigenvalue weighted by Crippen LogP contribution is 2.24. The summed E-state index contributed by atoms with van der Waals surface area (Å²) in [4.78, 5) is 35.5. The van der Waals surface area contributed by atoms with Crippen molar-refractivity contribution >= 4 is 12.1 Å². The van der Waals surface area contributed by atoms with Crippen LogP contribution >= 0.6 is 0 Å². The zero-order valence-electron chi connectivity index (χ0n) is 14.5. The van der Waals surface area contributed by atoms with Crippen LogP contribution in [0.2, 0.25) is 0 Å². The normalized spacial score (nSPS) is 20.5. The van der Waals surface area contributed by atoms with Crippen LogP contribution in [0.25, 0.3) is 0 Å². The monoisotopic (exact) mass is 336 g/mol. The van der Waals surface area contributed by atoms with Gasteiger partial charge in [-0.3, -0.25) is 19.7 Å². The Kier molecular flexibility index (Phi) is 5.38. The number of carboxylic acid groups (broad SMARTS) is 1. The molecule has 8 heteroatoms. The van der Waals surface area contributed by atoms with Crippen molar-refractivity contribution in [2.24, 2.45) is 0 Å². The standard InChI is InChI=1S/C16H24N4O4/c1-11(12-9-17-5-6-18-12)20-8-7-19(10-13(20)14(21)22)15(23)24-16(2,3)4/h5-6,9,11,13H,7-8,10H2,1-4H3,(H,21,22). The molecule has 2 unspecified atom stereocenters. The Hall–Kier alpha value is -2.22. The van der Waals surface area contributed by atoms with Crippen molar-refractivity contribution in [2.45, 2.75) is 45.4 Å². The Balaban J connectivity index is 2.11. The molecule has 1 aromatic rings. The summed E-state index contributed by atoms with van der Waals surface area (Å²) in [5.74, 6) is -0.973. The van der Waals surface area contributed by atoms with Gasteiger partial charge in [0.25, 0.3) is 0 Å². The minimum absolute atomic E-state index is 0.0782. The van der Waals surface area contributed by atoms with E-state index in [0.29, 0.717) is 18.8 Å². The molecule has 1 amide bonds. The Labute approximate surface area is 141 Å². The molecule has 1 fully saturated rings. The van der Waals surface area contributed by atoms with Gasteiger partial charge in [-0.1, -0.05) is 0 Å². The fraction of sp³-hybridized carbons (Fsp3) is 0.625. The smallest absolute Gasteiger partial charge is 0.410 e. The fourth-order valence-electron chi connectivity index (χ4n) is 2.67. The maximum atomic E-state index is 12.2. The molecule has 0 aliphatic carbocycles. The Morgan fingerprint density at radius 1 is 1.33 bits per heavy atom. The van der Waals surface area contributed by atoms with E-state index in [1.807, 2.05) is 11.8 Å². The van der Waals surface area contributed by atoms with Crippen LogP contribution in [0.4, 0.5) is 4.79 Å². The second kappa shape index (κ2) is 7.12. The van der Waals surface area contributed by atoms with Crippen LogP contribution < -0.4 is 0 Å². The molecule has 2 rings (SSSR count). The van der Waals surface area contributed by atoms with Gasteiger partial charge >= 0.3 is 12.1 Å². The average Bonchev–Trinajstić information content (AvgIpc) is 2.52. The van der Waals surface area contributed by atoms with Crippen LogP contribution in [0.1, 0.15) is 39.4 Å². The van der Waals surface area contributed by atoms with Crippen LogP contribution in [-0.2, 0) is 9.53 Å². The molecule has 1 N–H and O–H groups in total. The number of amides is 1. The van der Waals surface area contributed by atoms with Crippen molar-refractivity contribution in [2.75, 3.05) is 19.6 Å². The molecule has 132 valence electrons. The van der Waals surface area contributed by atoms with Crippen LogP contribution in [0.15, 0.2) is 18.6 Å². The van der Waals surface area contributed by atoms with Crippen molar-refractivity contribution in [3.63, 3.8) is 0 Å². The first-order valence-corrected chi connectivity index (χ1v) is 7.91. The fourth-order valence-corrected chi connectivity index (χ4v) is 2.67. The molecule has 0 aromatic carbocycles. The molecule has 2 atom stereocenters. The number of ether oxygens (including phenoxy) is 1.